The van der Waals surface area contributed by atoms with Gasteiger partial charge in [0.25, 0.3) is 0 Å². The molecule has 0 aromatic heterocycles. The molecule has 0 fully saturated rings. The molecule has 0 N–H and O–H groups in total. The number of esters is 2. The number of carbonyl (C=O) groups excluding carboxylic acids is 2. The van der Waals surface area contributed by atoms with Crippen molar-refractivity contribution in [3.8, 4) is 0 Å². The quantitative estimate of drug-likeness (QED) is 0.0212. The molecule has 0 aliphatic heterocycles. The first-order valence-corrected chi connectivity index (χ1v) is 25.5. The average molecular weight is 869 g/mol. The molecule has 1 rings (SSSR count). The Hall–Kier alpha value is -0.814. The van der Waals surface area contributed by atoms with E-state index >= 15 is 0 Å². The molecule has 334 valence electrons. The van der Waals surface area contributed by atoms with Crippen molar-refractivity contribution in [3.05, 3.63) is 53.6 Å². The van der Waals surface area contributed by atoms with Gasteiger partial charge in [0.15, 0.2) is 0 Å². The van der Waals surface area contributed by atoms with Crippen LogP contribution in [0.25, 0.3) is 0 Å². The molecule has 0 spiro atoms. The van der Waals surface area contributed by atoms with Gasteiger partial charge in [0.05, 0.1) is 29.2 Å². The maximum absolute atomic E-state index is 13.0. The third kappa shape index (κ3) is 34.4. The van der Waals surface area contributed by atoms with Crippen molar-refractivity contribution >= 4 is 22.1 Å². The van der Waals surface area contributed by atoms with E-state index in [-0.39, 0.29) is 70.2 Å². The second-order valence-corrected chi connectivity index (χ2v) is 17.7. The van der Waals surface area contributed by atoms with Gasteiger partial charge in [-0.2, -0.15) is 0 Å². The molecule has 0 aliphatic rings. The van der Waals surface area contributed by atoms with Crippen LogP contribution >= 0.6 is 0 Å². The minimum atomic E-state index is -5.02. The van der Waals surface area contributed by atoms with Crippen LogP contribution in [0.15, 0.2) is 47.4 Å². The van der Waals surface area contributed by atoms with Crippen LogP contribution in [0.4, 0.5) is 0 Å². The Morgan fingerprint density at radius 3 is 1.12 bits per heavy atom. The topological polar surface area (TPSA) is 110 Å². The van der Waals surface area contributed by atoms with Crippen molar-refractivity contribution in [1.29, 1.82) is 0 Å². The van der Waals surface area contributed by atoms with Gasteiger partial charge < -0.3 is 14.0 Å². The van der Waals surface area contributed by atoms with E-state index in [4.69, 9.17) is 9.47 Å². The fourth-order valence-corrected chi connectivity index (χ4v) is 8.05. The SMILES string of the molecule is CCCCCCCCCCCCC/C=C/CCCCCCOC(=O)c1cccc(S(=O)(=O)[O-])c1C(=O)OCCCCCC/C=C/CCCCCCCCCCCCC.[K+]. The van der Waals surface area contributed by atoms with E-state index in [0.29, 0.717) is 12.8 Å². The van der Waals surface area contributed by atoms with Gasteiger partial charge in [-0.3, -0.25) is 0 Å². The monoisotopic (exact) mass is 869 g/mol. The summed E-state index contributed by atoms with van der Waals surface area (Å²) in [7, 11) is -5.02. The van der Waals surface area contributed by atoms with E-state index in [1.807, 2.05) is 0 Å². The van der Waals surface area contributed by atoms with Crippen molar-refractivity contribution in [2.75, 3.05) is 13.2 Å². The van der Waals surface area contributed by atoms with E-state index in [1.165, 1.54) is 153 Å². The summed E-state index contributed by atoms with van der Waals surface area (Å²) in [6, 6.07) is 3.61. The van der Waals surface area contributed by atoms with E-state index in [0.717, 1.165) is 70.3 Å². The number of hydrogen-bond acceptors (Lipinski definition) is 7. The molecule has 0 bridgehead atoms. The molecule has 0 atom stereocenters. The zero-order chi connectivity index (χ0) is 42.2. The van der Waals surface area contributed by atoms with Crippen LogP contribution in [0, 0.1) is 0 Å². The number of hydrogen-bond donors (Lipinski definition) is 0. The van der Waals surface area contributed by atoms with Crippen LogP contribution in [0.3, 0.4) is 0 Å². The molecule has 1 aromatic rings. The van der Waals surface area contributed by atoms with Gasteiger partial charge in [-0.25, -0.2) is 18.0 Å². The molecule has 0 unspecified atom stereocenters. The molecule has 0 radical (unpaired) electrons. The predicted octanol–water partition coefficient (Wildman–Crippen LogP) is 12.3. The van der Waals surface area contributed by atoms with Crippen LogP contribution < -0.4 is 51.4 Å². The summed E-state index contributed by atoms with van der Waals surface area (Å²) in [5, 5.41) is 0. The average Bonchev–Trinajstić information content (AvgIpc) is 3.21. The Balaban J connectivity index is 0.0000336. The third-order valence-corrected chi connectivity index (χ3v) is 11.9. The summed E-state index contributed by atoms with van der Waals surface area (Å²) in [6.45, 7) is 4.75. The summed E-state index contributed by atoms with van der Waals surface area (Å²) in [5.74, 6) is -1.83. The second kappa shape index (κ2) is 42.5. The molecule has 1 aromatic carbocycles. The standard InChI is InChI=1S/C50H86O7S.K/c1-3-5-7-9-11-13-15-17-19-21-23-25-27-29-31-33-35-37-39-44-56-49(51)46-42-41-43-47(58(53,54)55)48(46)50(52)57-45-40-38-36-34-32-30-28-26-24-22-20-18-16-14-12-10-8-6-4-2;/h27-30,41-43H,3-26,31-40,44-45H2,1-2H3,(H,53,54,55);/q;+1/p-1/b29-27+,30-28+;. The van der Waals surface area contributed by atoms with Crippen LogP contribution in [-0.4, -0.2) is 38.1 Å². The maximum Gasteiger partial charge on any atom is 1.00 e. The van der Waals surface area contributed by atoms with Gasteiger partial charge in [0.1, 0.15) is 10.1 Å². The molecular weight excluding hydrogens is 784 g/mol. The van der Waals surface area contributed by atoms with E-state index in [2.05, 4.69) is 38.2 Å². The minimum absolute atomic E-state index is 0. The fourth-order valence-electron chi connectivity index (χ4n) is 7.36. The Bertz CT molecular complexity index is 1310. The summed E-state index contributed by atoms with van der Waals surface area (Å²) >= 11 is 0. The molecule has 0 heterocycles. The van der Waals surface area contributed by atoms with E-state index in [1.54, 1.807) is 0 Å². The van der Waals surface area contributed by atoms with Gasteiger partial charge in [-0.1, -0.05) is 198 Å². The fraction of sp³-hybridized carbons (Fsp3) is 0.760. The number of carbonyl (C=O) groups is 2. The Morgan fingerprint density at radius 2 is 0.780 bits per heavy atom. The molecule has 0 saturated carbocycles. The van der Waals surface area contributed by atoms with Gasteiger partial charge >= 0.3 is 63.3 Å². The zero-order valence-electron chi connectivity index (χ0n) is 38.3. The maximum atomic E-state index is 13.0. The normalized spacial score (nSPS) is 11.7. The first kappa shape index (κ1) is 58.2. The van der Waals surface area contributed by atoms with Crippen LogP contribution in [0.2, 0.25) is 0 Å². The molecular formula is C50H85KO7S. The molecule has 0 saturated heterocycles. The van der Waals surface area contributed by atoms with Crippen molar-refractivity contribution in [2.24, 2.45) is 0 Å². The summed E-state index contributed by atoms with van der Waals surface area (Å²) in [4.78, 5) is 25.2. The summed E-state index contributed by atoms with van der Waals surface area (Å²) in [6.07, 6.45) is 50.5. The molecule has 0 aliphatic carbocycles. The summed E-state index contributed by atoms with van der Waals surface area (Å²) in [5.41, 5.74) is -0.796. The van der Waals surface area contributed by atoms with E-state index < -0.39 is 32.5 Å². The number of ether oxygens (including phenoxy) is 2. The smallest absolute Gasteiger partial charge is 0.744 e. The van der Waals surface area contributed by atoms with Crippen molar-refractivity contribution < 1.29 is 83.4 Å². The van der Waals surface area contributed by atoms with Gasteiger partial charge in [-0.15, -0.1) is 0 Å². The molecule has 9 heteroatoms. The van der Waals surface area contributed by atoms with Gasteiger partial charge in [-0.05, 0) is 76.3 Å². The minimum Gasteiger partial charge on any atom is -0.744 e. The van der Waals surface area contributed by atoms with Crippen molar-refractivity contribution in [2.45, 2.75) is 237 Å². The van der Waals surface area contributed by atoms with Crippen LogP contribution in [0.5, 0.6) is 0 Å². The first-order chi connectivity index (χ1) is 28.3. The van der Waals surface area contributed by atoms with E-state index in [9.17, 15) is 22.6 Å². The first-order valence-electron chi connectivity index (χ1n) is 24.1. The number of benzene rings is 1. The number of rotatable bonds is 41. The molecule has 59 heavy (non-hydrogen) atoms. The Labute approximate surface area is 405 Å². The van der Waals surface area contributed by atoms with Crippen LogP contribution in [0.1, 0.15) is 253 Å². The largest absolute Gasteiger partial charge is 1.00 e. The van der Waals surface area contributed by atoms with Gasteiger partial charge in [0.2, 0.25) is 0 Å². The van der Waals surface area contributed by atoms with Gasteiger partial charge in [0, 0.05) is 0 Å². The Morgan fingerprint density at radius 1 is 0.475 bits per heavy atom. The van der Waals surface area contributed by atoms with Crippen molar-refractivity contribution in [1.82, 2.24) is 0 Å². The molecule has 0 amide bonds. The van der Waals surface area contributed by atoms with Crippen LogP contribution in [-0.2, 0) is 19.6 Å². The number of unbranched alkanes of at least 4 members (excludes halogenated alkanes) is 30. The predicted molar refractivity (Wildman–Crippen MR) is 242 cm³/mol. The molecule has 7 nitrogen and oxygen atoms in total. The second-order valence-electron chi connectivity index (χ2n) is 16.4. The zero-order valence-corrected chi connectivity index (χ0v) is 42.2. The van der Waals surface area contributed by atoms with Crippen molar-refractivity contribution in [3.63, 3.8) is 0 Å². The number of allylic oxidation sites excluding steroid dienone is 4. The third-order valence-electron chi connectivity index (χ3n) is 11.0. The Kier molecular flexibility index (Phi) is 41.9. The summed E-state index contributed by atoms with van der Waals surface area (Å²) < 4.78 is 46.8.